The Hall–Kier alpha value is -2.94. The number of halogens is 1. The highest BCUT2D eigenvalue weighted by Crippen LogP contribution is 2.30. The third-order valence-corrected chi connectivity index (χ3v) is 5.04. The summed E-state index contributed by atoms with van der Waals surface area (Å²) < 4.78 is 13.0. The number of hydrogen-bond acceptors (Lipinski definition) is 6. The molecule has 0 saturated carbocycles. The molecule has 4 rings (SSSR count). The van der Waals surface area contributed by atoms with Crippen molar-refractivity contribution in [1.82, 2.24) is 24.7 Å². The second-order valence-electron chi connectivity index (χ2n) is 6.06. The molecular formula is C18H16BrN5O3. The summed E-state index contributed by atoms with van der Waals surface area (Å²) in [6.07, 6.45) is 1.82. The van der Waals surface area contributed by atoms with Gasteiger partial charge >= 0.3 is 0 Å². The number of methoxy groups -OCH3 is 2. The van der Waals surface area contributed by atoms with Crippen LogP contribution in [0.1, 0.15) is 11.4 Å². The quantitative estimate of drug-likeness (QED) is 0.501. The van der Waals surface area contributed by atoms with Crippen LogP contribution in [-0.2, 0) is 6.54 Å². The number of aryl methyl sites for hydroxylation is 1. The molecule has 138 valence electrons. The van der Waals surface area contributed by atoms with E-state index in [4.69, 9.17) is 9.47 Å². The fourth-order valence-corrected chi connectivity index (χ4v) is 3.20. The van der Waals surface area contributed by atoms with Gasteiger partial charge in [-0.2, -0.15) is 5.10 Å². The van der Waals surface area contributed by atoms with E-state index in [1.165, 1.54) is 7.11 Å². The highest BCUT2D eigenvalue weighted by molar-refractivity contribution is 9.10. The molecule has 0 fully saturated rings. The smallest absolute Gasteiger partial charge is 0.258 e. The summed E-state index contributed by atoms with van der Waals surface area (Å²) in [4.78, 5) is 24.3. The Labute approximate surface area is 162 Å². The minimum Gasteiger partial charge on any atom is -0.493 e. The molecule has 8 nitrogen and oxygen atoms in total. The molecule has 0 atom stereocenters. The summed E-state index contributed by atoms with van der Waals surface area (Å²) >= 11 is 3.42. The lowest BCUT2D eigenvalue weighted by molar-refractivity contribution is 0.355. The van der Waals surface area contributed by atoms with E-state index in [2.05, 4.69) is 36.0 Å². The van der Waals surface area contributed by atoms with Crippen molar-refractivity contribution in [3.05, 3.63) is 50.7 Å². The molecule has 0 aliphatic rings. The lowest BCUT2D eigenvalue weighted by atomic mass is 10.2. The van der Waals surface area contributed by atoms with Crippen LogP contribution in [0.4, 0.5) is 0 Å². The second-order valence-corrected chi connectivity index (χ2v) is 6.82. The predicted molar refractivity (Wildman–Crippen MR) is 105 cm³/mol. The van der Waals surface area contributed by atoms with Crippen molar-refractivity contribution >= 4 is 37.9 Å². The van der Waals surface area contributed by atoms with Gasteiger partial charge in [0.2, 0.25) is 0 Å². The van der Waals surface area contributed by atoms with Gasteiger partial charge in [-0.1, -0.05) is 0 Å². The second kappa shape index (κ2) is 6.66. The molecular weight excluding hydrogens is 414 g/mol. The Kier molecular flexibility index (Phi) is 4.31. The maximum Gasteiger partial charge on any atom is 0.258 e. The Morgan fingerprint density at radius 1 is 1.07 bits per heavy atom. The van der Waals surface area contributed by atoms with E-state index in [1.54, 1.807) is 23.9 Å². The maximum absolute atomic E-state index is 12.5. The van der Waals surface area contributed by atoms with Crippen LogP contribution in [0.15, 0.2) is 33.8 Å². The van der Waals surface area contributed by atoms with Gasteiger partial charge < -0.3 is 14.5 Å². The van der Waals surface area contributed by atoms with Crippen molar-refractivity contribution < 1.29 is 9.47 Å². The van der Waals surface area contributed by atoms with E-state index < -0.39 is 0 Å². The van der Waals surface area contributed by atoms with Crippen molar-refractivity contribution in [3.8, 4) is 11.5 Å². The van der Waals surface area contributed by atoms with E-state index in [9.17, 15) is 4.79 Å². The van der Waals surface area contributed by atoms with Crippen LogP contribution < -0.4 is 15.0 Å². The number of ether oxygens (including phenoxy) is 2. The summed E-state index contributed by atoms with van der Waals surface area (Å²) in [6, 6.07) is 5.27. The van der Waals surface area contributed by atoms with Crippen LogP contribution in [0, 0.1) is 6.92 Å². The van der Waals surface area contributed by atoms with Gasteiger partial charge in [-0.05, 0) is 40.5 Å². The number of fused-ring (bicyclic) bond motifs is 2. The van der Waals surface area contributed by atoms with Gasteiger partial charge in [0.1, 0.15) is 21.5 Å². The number of nitrogens with one attached hydrogen (secondary N) is 1. The molecule has 0 amide bonds. The monoisotopic (exact) mass is 429 g/mol. The van der Waals surface area contributed by atoms with E-state index in [0.717, 1.165) is 21.2 Å². The third kappa shape index (κ3) is 3.14. The first-order chi connectivity index (χ1) is 13.0. The molecule has 0 radical (unpaired) electrons. The Balaban J connectivity index is 1.77. The van der Waals surface area contributed by atoms with Gasteiger partial charge in [-0.3, -0.25) is 9.48 Å². The predicted octanol–water partition coefficient (Wildman–Crippen LogP) is 2.80. The number of hydrogen-bond donors (Lipinski definition) is 1. The topological polar surface area (TPSA) is 94.9 Å². The Morgan fingerprint density at radius 3 is 2.56 bits per heavy atom. The van der Waals surface area contributed by atoms with Gasteiger partial charge in [0.15, 0.2) is 11.5 Å². The number of nitrogens with zero attached hydrogens (tertiary/aromatic N) is 4. The number of aromatic nitrogens is 5. The number of H-pyrrole nitrogens is 1. The molecule has 9 heteroatoms. The first-order valence-electron chi connectivity index (χ1n) is 8.13. The van der Waals surface area contributed by atoms with Crippen LogP contribution in [0.2, 0.25) is 0 Å². The lowest BCUT2D eigenvalue weighted by Gasteiger charge is -2.09. The molecule has 0 saturated heterocycles. The summed E-state index contributed by atoms with van der Waals surface area (Å²) in [5, 5.41) is 4.94. The normalized spacial score (nSPS) is 11.3. The van der Waals surface area contributed by atoms with E-state index in [0.29, 0.717) is 34.8 Å². The number of benzene rings is 1. The van der Waals surface area contributed by atoms with Gasteiger partial charge in [0, 0.05) is 6.07 Å². The molecule has 0 aliphatic heterocycles. The third-order valence-electron chi connectivity index (χ3n) is 4.24. The fourth-order valence-electron chi connectivity index (χ4n) is 2.90. The summed E-state index contributed by atoms with van der Waals surface area (Å²) in [5.41, 5.74) is 2.84. The Morgan fingerprint density at radius 2 is 1.81 bits per heavy atom. The minimum absolute atomic E-state index is 0.246. The molecule has 27 heavy (non-hydrogen) atoms. The molecule has 0 bridgehead atoms. The molecule has 0 aliphatic carbocycles. The van der Waals surface area contributed by atoms with E-state index >= 15 is 0 Å². The lowest BCUT2D eigenvalue weighted by Crippen LogP contribution is -2.15. The van der Waals surface area contributed by atoms with Gasteiger partial charge in [-0.15, -0.1) is 0 Å². The molecule has 0 spiro atoms. The number of aromatic amines is 1. The van der Waals surface area contributed by atoms with Crippen LogP contribution in [-0.4, -0.2) is 39.0 Å². The van der Waals surface area contributed by atoms with E-state index in [1.807, 2.05) is 19.2 Å². The highest BCUT2D eigenvalue weighted by Gasteiger charge is 2.12. The average Bonchev–Trinajstić information content (AvgIpc) is 3.01. The minimum atomic E-state index is -0.246. The molecule has 3 aromatic heterocycles. The average molecular weight is 430 g/mol. The van der Waals surface area contributed by atoms with Crippen molar-refractivity contribution in [3.63, 3.8) is 0 Å². The van der Waals surface area contributed by atoms with Gasteiger partial charge in [-0.25, -0.2) is 9.97 Å². The molecule has 1 N–H and O–H groups in total. The van der Waals surface area contributed by atoms with Crippen molar-refractivity contribution in [2.24, 2.45) is 0 Å². The summed E-state index contributed by atoms with van der Waals surface area (Å²) in [6.45, 7) is 2.27. The number of pyridine rings is 1. The summed E-state index contributed by atoms with van der Waals surface area (Å²) in [5.74, 6) is 1.49. The Bertz CT molecular complexity index is 1190. The fraction of sp³-hybridized carbons (Fsp3) is 0.222. The largest absolute Gasteiger partial charge is 0.493 e. The van der Waals surface area contributed by atoms with Crippen LogP contribution in [0.3, 0.4) is 0 Å². The summed E-state index contributed by atoms with van der Waals surface area (Å²) in [7, 11) is 3.07. The zero-order valence-electron chi connectivity index (χ0n) is 14.9. The maximum atomic E-state index is 12.5. The highest BCUT2D eigenvalue weighted by atomic mass is 79.9. The molecule has 3 heterocycles. The zero-order chi connectivity index (χ0) is 19.1. The van der Waals surface area contributed by atoms with Crippen LogP contribution in [0.5, 0.6) is 11.5 Å². The molecule has 4 aromatic rings. The molecule has 0 unspecified atom stereocenters. The zero-order valence-corrected chi connectivity index (χ0v) is 16.5. The first-order valence-corrected chi connectivity index (χ1v) is 8.93. The van der Waals surface area contributed by atoms with Crippen LogP contribution >= 0.6 is 15.9 Å². The SMILES string of the molecule is COc1cc2nc(Cn3cc4nc(Br)c(C)cc4n3)[nH]c(=O)c2cc1OC. The van der Waals surface area contributed by atoms with Crippen molar-refractivity contribution in [2.75, 3.05) is 14.2 Å². The standard InChI is InChI=1S/C18H16BrN5O3/c1-9-4-12-13(21-17(9)19)7-24(23-12)8-16-20-11-6-15(27-3)14(26-2)5-10(11)18(25)22-16/h4-7H,8H2,1-3H3,(H,20,22,25). The van der Waals surface area contributed by atoms with Crippen molar-refractivity contribution in [2.45, 2.75) is 13.5 Å². The number of rotatable bonds is 4. The van der Waals surface area contributed by atoms with Gasteiger partial charge in [0.05, 0.1) is 37.9 Å². The van der Waals surface area contributed by atoms with Crippen molar-refractivity contribution in [1.29, 1.82) is 0 Å². The van der Waals surface area contributed by atoms with E-state index in [-0.39, 0.29) is 5.56 Å². The molecule has 1 aromatic carbocycles. The first kappa shape index (κ1) is 17.5. The van der Waals surface area contributed by atoms with Crippen LogP contribution in [0.25, 0.3) is 21.9 Å². The van der Waals surface area contributed by atoms with Gasteiger partial charge in [0.25, 0.3) is 5.56 Å².